The average molecular weight is 1470 g/mol. The van der Waals surface area contributed by atoms with Crippen LogP contribution in [0.15, 0.2) is 191 Å². The number of nitrogens with zero attached hydrogens (tertiary/aromatic N) is 17. The Balaban J connectivity index is 0.438. The molecule has 29 heteroatoms. The fourth-order valence-corrected chi connectivity index (χ4v) is 16.5. The van der Waals surface area contributed by atoms with Gasteiger partial charge in [0.1, 0.15) is 49.6 Å². The highest BCUT2D eigenvalue weighted by Crippen LogP contribution is 2.42. The maximum atomic E-state index is 14.2. The molecule has 6 aliphatic heterocycles. The van der Waals surface area contributed by atoms with Crippen molar-refractivity contribution in [2.24, 2.45) is 0 Å². The highest BCUT2D eigenvalue weighted by molar-refractivity contribution is 6.36. The maximum Gasteiger partial charge on any atom is 0.261 e. The monoisotopic (exact) mass is 1470 g/mol. The first-order valence-corrected chi connectivity index (χ1v) is 36.8. The molecule has 6 aliphatic rings. The highest BCUT2D eigenvalue weighted by Gasteiger charge is 2.44. The van der Waals surface area contributed by atoms with Crippen LogP contribution in [-0.4, -0.2) is 172 Å². The van der Waals surface area contributed by atoms with E-state index in [-0.39, 0.29) is 94.9 Å². The number of aromatic nitrogens is 11. The number of aryl methyl sites for hydroxylation is 6. The van der Waals surface area contributed by atoms with Gasteiger partial charge < -0.3 is 9.13 Å². The van der Waals surface area contributed by atoms with Crippen molar-refractivity contribution in [1.82, 2.24) is 61.8 Å². The number of benzene rings is 6. The van der Waals surface area contributed by atoms with E-state index < -0.39 is 70.9 Å². The van der Waals surface area contributed by atoms with E-state index in [9.17, 15) is 57.5 Å². The van der Waals surface area contributed by atoms with Gasteiger partial charge in [0.15, 0.2) is 0 Å². The smallest absolute Gasteiger partial charge is 0.261 e. The van der Waals surface area contributed by atoms with Crippen LogP contribution in [0.5, 0.6) is 0 Å². The van der Waals surface area contributed by atoms with Crippen LogP contribution in [-0.2, 0) is 52.6 Å². The summed E-state index contributed by atoms with van der Waals surface area (Å²) >= 11 is 0. The van der Waals surface area contributed by atoms with E-state index in [1.165, 1.54) is 29.4 Å². The van der Waals surface area contributed by atoms with Crippen molar-refractivity contribution in [3.63, 3.8) is 0 Å². The predicted molar refractivity (Wildman–Crippen MR) is 388 cm³/mol. The minimum atomic E-state index is -0.503. The molecule has 12 amide bonds. The molecular weight excluding hydrogens is 1400 g/mol. The van der Waals surface area contributed by atoms with Gasteiger partial charge >= 0.3 is 0 Å². The summed E-state index contributed by atoms with van der Waals surface area (Å²) in [6.45, 7) is 5.06. The summed E-state index contributed by atoms with van der Waals surface area (Å²) in [5.41, 5.74) is 3.24. The zero-order valence-electron chi connectivity index (χ0n) is 59.5. The number of amides is 12. The SMILES string of the molecule is O=C1c2ccc3c4c(ccc(c24)C(=O)N1CCCn1cccc1)C(=O)N(CCCn1cc[n+](C[n+]2ccn(CCCN4C(=O)c5ccc6c7c(ccc(c57)C4=O)C(=O)N(CCCn4cc[n+](C[n+]5ccn(CCCN7C(=O)c8ccc9c%10c(ccc(c8%10)C7=O)C(=O)N(CCCn7ccnc7)C9=O)c5)c4)C6=O)c2)c1)C3=O. The van der Waals surface area contributed by atoms with Crippen molar-refractivity contribution in [2.45, 2.75) is 91.1 Å². The molecule has 0 unspecified atom stereocenters. The van der Waals surface area contributed by atoms with E-state index in [4.69, 9.17) is 0 Å². The van der Waals surface area contributed by atoms with Gasteiger partial charge in [-0.05, 0) is 97.8 Å². The van der Waals surface area contributed by atoms with Gasteiger partial charge in [-0.25, -0.2) is 23.3 Å². The maximum absolute atomic E-state index is 14.2. The summed E-state index contributed by atoms with van der Waals surface area (Å²) in [7, 11) is 0. The topological polar surface area (TPSA) is 282 Å². The van der Waals surface area contributed by atoms with Gasteiger partial charge in [-0.1, -0.05) is 0 Å². The normalized spacial score (nSPS) is 15.2. The Kier molecular flexibility index (Phi) is 16.9. The van der Waals surface area contributed by atoms with Gasteiger partial charge in [0.05, 0.1) is 32.5 Å². The Bertz CT molecular complexity index is 5420. The van der Waals surface area contributed by atoms with E-state index in [1.54, 1.807) is 85.3 Å². The molecule has 0 bridgehead atoms. The van der Waals surface area contributed by atoms with Crippen LogP contribution in [0.2, 0.25) is 0 Å². The molecule has 0 saturated heterocycles. The molecule has 12 aromatic rings. The molecule has 12 heterocycles. The number of carbonyl (C=O) groups is 12. The molecule has 548 valence electrons. The third kappa shape index (κ3) is 11.6. The molecule has 0 radical (unpaired) electrons. The third-order valence-electron chi connectivity index (χ3n) is 21.8. The standard InChI is InChI=1S/C81H71N17O12/c99-70-52-9-13-56-66-57(14-10-53(64(52)66)71(100)93(70)30-3-24-83-22-1-2-23-83)75(104)95(74(56)103)32-5-26-85-37-41-89(46-85)50-91-43-39-87(48-91)28-7-34-97-78(107)60-17-19-62-69-63(20-18-61(68(60)69)79(97)108)81(110)98(80(62)109)35-8-29-88-40-44-92(49-88)51-90-42-38-86(47-90)27-6-33-96-76(105)58-15-11-54-65-55(12-16-59(67(58)65)77(96)106)73(102)94(72(54)101)31-4-25-84-36-21-82-45-84/h1-2,9-23,36-49H,3-8,24-35,50-51H2/q+4. The Morgan fingerprint density at radius 3 is 0.627 bits per heavy atom. The Hall–Kier alpha value is -13.7. The van der Waals surface area contributed by atoms with Gasteiger partial charge in [-0.3, -0.25) is 86.9 Å². The molecule has 0 spiro atoms. The van der Waals surface area contributed by atoms with Crippen LogP contribution < -0.4 is 18.3 Å². The van der Waals surface area contributed by atoms with Crippen molar-refractivity contribution in [1.29, 1.82) is 0 Å². The Morgan fingerprint density at radius 1 is 0.227 bits per heavy atom. The summed E-state index contributed by atoms with van der Waals surface area (Å²) in [5, 5.41) is 1.97. The van der Waals surface area contributed by atoms with Gasteiger partial charge in [0.25, 0.3) is 70.9 Å². The minimum absolute atomic E-state index is 0.120. The zero-order chi connectivity index (χ0) is 75.3. The first-order valence-electron chi connectivity index (χ1n) is 36.8. The first-order chi connectivity index (χ1) is 53.5. The highest BCUT2D eigenvalue weighted by atomic mass is 16.2. The van der Waals surface area contributed by atoms with Crippen molar-refractivity contribution in [2.75, 3.05) is 39.3 Å². The van der Waals surface area contributed by atoms with Gasteiger partial charge in [0, 0.05) is 202 Å². The second-order valence-corrected chi connectivity index (χ2v) is 28.6. The lowest BCUT2D eigenvalue weighted by molar-refractivity contribution is -0.913. The number of imidazole rings is 5. The molecule has 0 atom stereocenters. The number of hydrogen-bond acceptors (Lipinski definition) is 13. The van der Waals surface area contributed by atoms with Crippen LogP contribution in [0, 0.1) is 0 Å². The average Bonchev–Trinajstić information content (AvgIpc) is 0.898. The van der Waals surface area contributed by atoms with Crippen LogP contribution in [0.1, 0.15) is 163 Å². The van der Waals surface area contributed by atoms with Crippen molar-refractivity contribution >= 4 is 103 Å². The zero-order valence-corrected chi connectivity index (χ0v) is 59.5. The van der Waals surface area contributed by atoms with E-state index in [1.807, 2.05) is 151 Å². The van der Waals surface area contributed by atoms with Crippen LogP contribution in [0.25, 0.3) is 32.3 Å². The van der Waals surface area contributed by atoms with Gasteiger partial charge in [0.2, 0.25) is 38.6 Å². The Morgan fingerprint density at radius 2 is 0.427 bits per heavy atom. The minimum Gasteiger partial charge on any atom is -0.354 e. The molecule has 18 rings (SSSR count). The van der Waals surface area contributed by atoms with Crippen molar-refractivity contribution in [3.8, 4) is 0 Å². The summed E-state index contributed by atoms with van der Waals surface area (Å²) < 4.78 is 19.6. The predicted octanol–water partition coefficient (Wildman–Crippen LogP) is 5.63. The van der Waals surface area contributed by atoms with Crippen LogP contribution >= 0.6 is 0 Å². The molecule has 0 N–H and O–H groups in total. The lowest BCUT2D eigenvalue weighted by Crippen LogP contribution is -2.49. The van der Waals surface area contributed by atoms with E-state index in [0.717, 1.165) is 0 Å². The molecule has 0 aliphatic carbocycles. The number of rotatable bonds is 28. The number of hydrogen-bond donors (Lipinski definition) is 0. The van der Waals surface area contributed by atoms with E-state index in [0.29, 0.717) is 135 Å². The molecule has 6 aromatic carbocycles. The molecule has 0 saturated carbocycles. The van der Waals surface area contributed by atoms with Crippen molar-refractivity contribution < 1.29 is 75.8 Å². The van der Waals surface area contributed by atoms with E-state index >= 15 is 0 Å². The van der Waals surface area contributed by atoms with Gasteiger partial charge in [-0.15, -0.1) is 0 Å². The number of carbonyl (C=O) groups excluding carboxylic acids is 12. The Labute approximate surface area is 626 Å². The largest absolute Gasteiger partial charge is 0.354 e. The van der Waals surface area contributed by atoms with Crippen LogP contribution in [0.3, 0.4) is 0 Å². The van der Waals surface area contributed by atoms with Crippen molar-refractivity contribution in [3.05, 3.63) is 258 Å². The molecule has 6 aromatic heterocycles. The molecular formula is C81H71N17O12+4. The fourth-order valence-electron chi connectivity index (χ4n) is 16.5. The van der Waals surface area contributed by atoms with Gasteiger partial charge in [-0.2, -0.15) is 18.3 Å². The molecule has 29 nitrogen and oxygen atoms in total. The molecule has 110 heavy (non-hydrogen) atoms. The lowest BCUT2D eigenvalue weighted by atomic mass is 9.86. The number of imide groups is 6. The van der Waals surface area contributed by atoms with Crippen LogP contribution in [0.4, 0.5) is 0 Å². The summed E-state index contributed by atoms with van der Waals surface area (Å²) in [5.74, 6) is -5.74. The summed E-state index contributed by atoms with van der Waals surface area (Å²) in [4.78, 5) is 179. The third-order valence-corrected chi connectivity index (χ3v) is 21.8. The second kappa shape index (κ2) is 27.2. The fraction of sp³-hybridized carbons (Fsp3) is 0.247. The van der Waals surface area contributed by atoms with E-state index in [2.05, 4.69) is 4.98 Å². The summed E-state index contributed by atoms with van der Waals surface area (Å²) in [6, 6.07) is 22.8. The quantitative estimate of drug-likeness (QED) is 0.0425. The second-order valence-electron chi connectivity index (χ2n) is 28.6. The first kappa shape index (κ1) is 68.1. The summed E-state index contributed by atoms with van der Waals surface area (Å²) in [6.07, 6.45) is 34.9. The molecule has 0 fully saturated rings. The lowest BCUT2D eigenvalue weighted by Gasteiger charge is -2.32.